The van der Waals surface area contributed by atoms with E-state index in [1.165, 1.54) is 13.8 Å². The van der Waals surface area contributed by atoms with E-state index < -0.39 is 100 Å². The van der Waals surface area contributed by atoms with Crippen LogP contribution in [0, 0.1) is 28.6 Å². The van der Waals surface area contributed by atoms with Crippen LogP contribution in [0.15, 0.2) is 60.7 Å². The number of aliphatic hydroxyl groups is 1. The van der Waals surface area contributed by atoms with Crippen LogP contribution < -0.4 is 5.32 Å². The molecule has 2 aliphatic heterocycles. The fraction of sp³-hybridized carbons (Fsp3) is 0.553. The molecule has 2 saturated heterocycles. The summed E-state index contributed by atoms with van der Waals surface area (Å²) in [6, 6.07) is 16.5. The number of benzene rings is 2. The molecule has 2 N–H and O–H groups in total. The first kappa shape index (κ1) is 36.5. The predicted octanol–water partition coefficient (Wildman–Crippen LogP) is 3.22. The molecule has 274 valence electrons. The van der Waals surface area contributed by atoms with Crippen molar-refractivity contribution in [2.45, 2.75) is 89.9 Å². The van der Waals surface area contributed by atoms with Crippen molar-refractivity contribution in [3.8, 4) is 0 Å². The third kappa shape index (κ3) is 5.69. The first-order valence-corrected chi connectivity index (χ1v) is 17.1. The van der Waals surface area contributed by atoms with Gasteiger partial charge in [-0.3, -0.25) is 9.59 Å². The van der Waals surface area contributed by atoms with E-state index in [9.17, 15) is 29.1 Å². The molecule has 13 heteroatoms. The third-order valence-corrected chi connectivity index (χ3v) is 11.6. The first-order chi connectivity index (χ1) is 24.0. The highest BCUT2D eigenvalue weighted by Gasteiger charge is 2.83. The van der Waals surface area contributed by atoms with Gasteiger partial charge in [-0.05, 0) is 56.0 Å². The second-order valence-electron chi connectivity index (χ2n) is 15.0. The molecule has 6 rings (SSSR count). The van der Waals surface area contributed by atoms with Gasteiger partial charge in [-0.15, -0.1) is 0 Å². The Labute approximate surface area is 296 Å². The lowest BCUT2D eigenvalue weighted by Crippen LogP contribution is -2.79. The Morgan fingerprint density at radius 2 is 1.37 bits per heavy atom. The molecule has 2 saturated carbocycles. The number of fused-ring (bicyclic) bond motifs is 3. The van der Waals surface area contributed by atoms with Crippen molar-refractivity contribution in [2.24, 2.45) is 28.6 Å². The largest absolute Gasteiger partial charge is 0.458 e. The van der Waals surface area contributed by atoms with Crippen molar-refractivity contribution in [1.82, 2.24) is 5.32 Å². The molecular weight excluding hydrogens is 662 g/mol. The molecule has 2 aromatic carbocycles. The Morgan fingerprint density at radius 3 is 1.90 bits per heavy atom. The van der Waals surface area contributed by atoms with Gasteiger partial charge in [-0.25, -0.2) is 14.4 Å². The number of carbonyl (C=O) groups excluding carboxylic acids is 5. The highest BCUT2D eigenvalue weighted by Crippen LogP contribution is 2.70. The minimum absolute atomic E-state index is 0.0256. The van der Waals surface area contributed by atoms with E-state index in [4.69, 9.17) is 28.4 Å². The minimum Gasteiger partial charge on any atom is -0.458 e. The topological polar surface area (TPSA) is 173 Å². The van der Waals surface area contributed by atoms with Crippen LogP contribution in [0.25, 0.3) is 0 Å². The van der Waals surface area contributed by atoms with Gasteiger partial charge < -0.3 is 38.8 Å². The molecule has 2 bridgehead atoms. The molecule has 51 heavy (non-hydrogen) atoms. The van der Waals surface area contributed by atoms with Crippen LogP contribution in [-0.2, 0) is 42.8 Å². The molecule has 0 amide bonds. The maximum absolute atomic E-state index is 14.1. The fourth-order valence-electron chi connectivity index (χ4n) is 9.41. The Bertz CT molecular complexity index is 1700. The number of nitrogens with one attached hydrogen (secondary N) is 1. The van der Waals surface area contributed by atoms with E-state index in [1.807, 2.05) is 0 Å². The smallest absolute Gasteiger partial charge is 0.341 e. The van der Waals surface area contributed by atoms with Crippen LogP contribution in [0.2, 0.25) is 0 Å². The molecular formula is C38H45NO12. The normalized spacial score (nSPS) is 37.5. The van der Waals surface area contributed by atoms with Crippen molar-refractivity contribution in [3.63, 3.8) is 0 Å². The van der Waals surface area contributed by atoms with Gasteiger partial charge in [0.1, 0.15) is 18.3 Å². The molecule has 0 radical (unpaired) electrons. The van der Waals surface area contributed by atoms with Gasteiger partial charge in [-0.1, -0.05) is 57.2 Å². The molecule has 4 aliphatic rings. The maximum Gasteiger partial charge on any atom is 0.341 e. The number of carbonyl (C=O) groups is 5. The van der Waals surface area contributed by atoms with Crippen molar-refractivity contribution >= 4 is 29.8 Å². The zero-order chi connectivity index (χ0) is 37.1. The summed E-state index contributed by atoms with van der Waals surface area (Å²) in [6.07, 6.45) is -6.69. The average Bonchev–Trinajstić information content (AvgIpc) is 3.31. The molecule has 13 nitrogen and oxygen atoms in total. The standard InChI is InChI=1S/C38H45NO12/c1-20(40)46-26-18-25-35(3,4)30(42)28(47-21(2)41)31(49-33(44)23-16-12-9-13-17-23)36(25,5)29-27(48-32(43)22-14-10-8-11-15-22)24(19-39-7)37(6)34(45)50-38(26,29)51-37/h8-17,24-31,39,42H,18-19H2,1-7H3/t24-,25-,26+,27+,28-,29+,30+,31-,36-,37+,38-/m0/s1. The summed E-state index contributed by atoms with van der Waals surface area (Å²) in [5, 5.41) is 15.1. The van der Waals surface area contributed by atoms with Crippen LogP contribution in [0.5, 0.6) is 0 Å². The highest BCUT2D eigenvalue weighted by molar-refractivity contribution is 5.90. The molecule has 2 aromatic rings. The molecule has 4 fully saturated rings. The Balaban J connectivity index is 1.63. The summed E-state index contributed by atoms with van der Waals surface area (Å²) in [7, 11) is 1.68. The Kier molecular flexibility index (Phi) is 9.31. The summed E-state index contributed by atoms with van der Waals surface area (Å²) < 4.78 is 37.6. The van der Waals surface area contributed by atoms with Crippen LogP contribution >= 0.6 is 0 Å². The van der Waals surface area contributed by atoms with Gasteiger partial charge in [0, 0.05) is 31.7 Å². The molecule has 2 aliphatic carbocycles. The first-order valence-electron chi connectivity index (χ1n) is 17.1. The predicted molar refractivity (Wildman–Crippen MR) is 178 cm³/mol. The summed E-state index contributed by atoms with van der Waals surface area (Å²) in [5.41, 5.74) is -3.83. The van der Waals surface area contributed by atoms with Crippen molar-refractivity contribution in [1.29, 1.82) is 0 Å². The number of hydrogen-bond acceptors (Lipinski definition) is 13. The zero-order valence-electron chi connectivity index (χ0n) is 29.7. The fourth-order valence-corrected chi connectivity index (χ4v) is 9.41. The quantitative estimate of drug-likeness (QED) is 0.303. The summed E-state index contributed by atoms with van der Waals surface area (Å²) >= 11 is 0. The molecule has 1 spiro atoms. The lowest BCUT2D eigenvalue weighted by molar-refractivity contribution is -0.391. The second kappa shape index (κ2) is 13.0. The Morgan fingerprint density at radius 1 is 0.824 bits per heavy atom. The molecule has 11 atom stereocenters. The number of esters is 5. The summed E-state index contributed by atoms with van der Waals surface area (Å²) in [5.74, 6) is -8.49. The molecule has 0 unspecified atom stereocenters. The monoisotopic (exact) mass is 707 g/mol. The van der Waals surface area contributed by atoms with Gasteiger partial charge in [0.2, 0.25) is 0 Å². The number of ether oxygens (including phenoxy) is 6. The van der Waals surface area contributed by atoms with Gasteiger partial charge >= 0.3 is 29.8 Å². The molecule has 0 aromatic heterocycles. The van der Waals surface area contributed by atoms with Gasteiger partial charge in [0.25, 0.3) is 5.79 Å². The SMILES string of the molecule is CNC[C@H]1[C@@H](OC(=O)c2ccccc2)[C@H]2[C@]3(OC(=O)[C@]1(C)O3)[C@H](OC(C)=O)C[C@H]1C(C)(C)[C@H](O)[C@H](OC(C)=O)[C@H](OC(=O)c3ccccc3)[C@@]12C. The maximum atomic E-state index is 14.1. The third-order valence-electron chi connectivity index (χ3n) is 11.6. The minimum atomic E-state index is -2.05. The van der Waals surface area contributed by atoms with Gasteiger partial charge in [0.15, 0.2) is 17.8 Å². The van der Waals surface area contributed by atoms with E-state index in [2.05, 4.69) is 5.32 Å². The van der Waals surface area contributed by atoms with E-state index in [1.54, 1.807) is 95.4 Å². The van der Waals surface area contributed by atoms with Crippen molar-refractivity contribution in [2.75, 3.05) is 13.6 Å². The van der Waals surface area contributed by atoms with Crippen LogP contribution in [-0.4, -0.2) is 90.5 Å². The summed E-state index contributed by atoms with van der Waals surface area (Å²) in [6.45, 7) is 9.39. The van der Waals surface area contributed by atoms with Crippen LogP contribution in [0.4, 0.5) is 0 Å². The second-order valence-corrected chi connectivity index (χ2v) is 15.0. The average molecular weight is 708 g/mol. The Hall–Kier alpha value is -4.33. The van der Waals surface area contributed by atoms with E-state index in [-0.39, 0.29) is 24.1 Å². The summed E-state index contributed by atoms with van der Waals surface area (Å²) in [4.78, 5) is 67.5. The lowest BCUT2D eigenvalue weighted by atomic mass is 9.42. The van der Waals surface area contributed by atoms with E-state index in [0.717, 1.165) is 0 Å². The lowest BCUT2D eigenvalue weighted by Gasteiger charge is -2.68. The number of hydrogen-bond donors (Lipinski definition) is 2. The zero-order valence-corrected chi connectivity index (χ0v) is 29.7. The number of aliphatic hydroxyl groups excluding tert-OH is 1. The van der Waals surface area contributed by atoms with Gasteiger partial charge in [0.05, 0.1) is 17.0 Å². The van der Waals surface area contributed by atoms with Crippen LogP contribution in [0.1, 0.15) is 68.7 Å². The van der Waals surface area contributed by atoms with Gasteiger partial charge in [-0.2, -0.15) is 0 Å². The molecule has 2 heterocycles. The van der Waals surface area contributed by atoms with Crippen LogP contribution in [0.3, 0.4) is 0 Å². The number of rotatable bonds is 8. The van der Waals surface area contributed by atoms with Crippen molar-refractivity contribution < 1.29 is 57.5 Å². The van der Waals surface area contributed by atoms with Crippen molar-refractivity contribution in [3.05, 3.63) is 71.8 Å². The van der Waals surface area contributed by atoms with E-state index in [0.29, 0.717) is 0 Å². The van der Waals surface area contributed by atoms with E-state index >= 15 is 0 Å². The highest BCUT2D eigenvalue weighted by atomic mass is 16.8.